The van der Waals surface area contributed by atoms with Crippen LogP contribution in [0, 0.1) is 5.92 Å². The van der Waals surface area contributed by atoms with E-state index in [-0.39, 0.29) is 29.9 Å². The Morgan fingerprint density at radius 3 is 2.48 bits per heavy atom. The van der Waals surface area contributed by atoms with Crippen LogP contribution in [0.2, 0.25) is 0 Å². The SMILES string of the molecule is CC(C)n1c(=O)oc2cc(NC(=O)N(C)C3CCN(C(=O)C4CC4)CC3)ccc21. The molecule has 3 amide bonds. The van der Waals surface area contributed by atoms with Gasteiger partial charge in [0.2, 0.25) is 5.91 Å². The third-order valence-electron chi connectivity index (χ3n) is 5.95. The maximum Gasteiger partial charge on any atom is 0.420 e. The van der Waals surface area contributed by atoms with Crippen molar-refractivity contribution in [2.24, 2.45) is 5.92 Å². The predicted molar refractivity (Wildman–Crippen MR) is 110 cm³/mol. The molecule has 0 radical (unpaired) electrons. The average Bonchev–Trinajstić information content (AvgIpc) is 3.48. The first-order chi connectivity index (χ1) is 13.8. The molecular formula is C21H28N4O4. The molecule has 1 aromatic carbocycles. The molecule has 2 aliphatic rings. The van der Waals surface area contributed by atoms with E-state index in [1.807, 2.05) is 18.7 Å². The number of nitrogens with zero attached hydrogens (tertiary/aromatic N) is 3. The molecule has 1 aliphatic carbocycles. The number of carbonyl (C=O) groups excluding carboxylic acids is 2. The minimum Gasteiger partial charge on any atom is -0.408 e. The van der Waals surface area contributed by atoms with Crippen LogP contribution in [0.4, 0.5) is 10.5 Å². The van der Waals surface area contributed by atoms with Crippen LogP contribution in [0.1, 0.15) is 45.6 Å². The highest BCUT2D eigenvalue weighted by atomic mass is 16.4. The molecule has 0 unspecified atom stereocenters. The van der Waals surface area contributed by atoms with Gasteiger partial charge >= 0.3 is 11.8 Å². The van der Waals surface area contributed by atoms with Crippen molar-refractivity contribution in [2.45, 2.75) is 51.6 Å². The number of aromatic nitrogens is 1. The van der Waals surface area contributed by atoms with Gasteiger partial charge < -0.3 is 19.5 Å². The van der Waals surface area contributed by atoms with Crippen LogP contribution in [0.25, 0.3) is 11.1 Å². The lowest BCUT2D eigenvalue weighted by atomic mass is 10.0. The van der Waals surface area contributed by atoms with Gasteiger partial charge in [-0.25, -0.2) is 9.59 Å². The van der Waals surface area contributed by atoms with Crippen LogP contribution < -0.4 is 11.1 Å². The Kier molecular flexibility index (Phi) is 5.10. The van der Waals surface area contributed by atoms with Gasteiger partial charge in [0.15, 0.2) is 5.58 Å². The summed E-state index contributed by atoms with van der Waals surface area (Å²) in [4.78, 5) is 40.6. The summed E-state index contributed by atoms with van der Waals surface area (Å²) in [6.45, 7) is 5.25. The van der Waals surface area contributed by atoms with Gasteiger partial charge in [0.05, 0.1) is 5.52 Å². The molecule has 4 rings (SSSR count). The van der Waals surface area contributed by atoms with Crippen LogP contribution in [-0.4, -0.2) is 52.5 Å². The zero-order valence-corrected chi connectivity index (χ0v) is 17.2. The quantitative estimate of drug-likeness (QED) is 0.854. The minimum absolute atomic E-state index is 0.00649. The van der Waals surface area contributed by atoms with E-state index >= 15 is 0 Å². The standard InChI is InChI=1S/C21H28N4O4/c1-13(2)25-17-7-6-15(12-18(17)29-21(25)28)22-20(27)23(3)16-8-10-24(11-9-16)19(26)14-4-5-14/h6-7,12-14,16H,4-5,8-11H2,1-3H3,(H,22,27). The highest BCUT2D eigenvalue weighted by Gasteiger charge is 2.35. The number of nitrogens with one attached hydrogen (secondary N) is 1. The molecule has 2 heterocycles. The molecular weight excluding hydrogens is 372 g/mol. The second-order valence-electron chi connectivity index (χ2n) is 8.39. The Hall–Kier alpha value is -2.77. The number of fused-ring (bicyclic) bond motifs is 1. The molecule has 8 heteroatoms. The van der Waals surface area contributed by atoms with Crippen molar-refractivity contribution in [2.75, 3.05) is 25.5 Å². The van der Waals surface area contributed by atoms with Gasteiger partial charge in [-0.2, -0.15) is 0 Å². The van der Waals surface area contributed by atoms with Crippen LogP contribution in [0.3, 0.4) is 0 Å². The summed E-state index contributed by atoms with van der Waals surface area (Å²) in [6, 6.07) is 5.13. The molecule has 0 spiro atoms. The molecule has 1 saturated carbocycles. The van der Waals surface area contributed by atoms with Crippen molar-refractivity contribution in [3.8, 4) is 0 Å². The predicted octanol–water partition coefficient (Wildman–Crippen LogP) is 3.04. The molecule has 1 aromatic heterocycles. The maximum absolute atomic E-state index is 12.7. The number of hydrogen-bond acceptors (Lipinski definition) is 4. The molecule has 1 saturated heterocycles. The van der Waals surface area contributed by atoms with Crippen LogP contribution in [0.15, 0.2) is 27.4 Å². The molecule has 2 fully saturated rings. The molecule has 2 aromatic rings. The van der Waals surface area contributed by atoms with Gasteiger partial charge in [0, 0.05) is 49.9 Å². The Morgan fingerprint density at radius 1 is 1.17 bits per heavy atom. The van der Waals surface area contributed by atoms with Gasteiger partial charge in [-0.1, -0.05) is 0 Å². The van der Waals surface area contributed by atoms with Gasteiger partial charge in [-0.15, -0.1) is 0 Å². The third-order valence-corrected chi connectivity index (χ3v) is 5.95. The number of piperidine rings is 1. The first-order valence-corrected chi connectivity index (χ1v) is 10.3. The summed E-state index contributed by atoms with van der Waals surface area (Å²) >= 11 is 0. The Balaban J connectivity index is 1.38. The van der Waals surface area contributed by atoms with Crippen molar-refractivity contribution < 1.29 is 14.0 Å². The second-order valence-corrected chi connectivity index (χ2v) is 8.39. The van der Waals surface area contributed by atoms with Gasteiger partial charge in [0.1, 0.15) is 0 Å². The molecule has 1 aliphatic heterocycles. The first-order valence-electron chi connectivity index (χ1n) is 10.3. The number of rotatable bonds is 4. The van der Waals surface area contributed by atoms with Gasteiger partial charge in [-0.05, 0) is 51.7 Å². The van der Waals surface area contributed by atoms with E-state index in [0.717, 1.165) is 25.7 Å². The first kappa shape index (κ1) is 19.5. The van der Waals surface area contributed by atoms with Gasteiger partial charge in [0.25, 0.3) is 0 Å². The summed E-state index contributed by atoms with van der Waals surface area (Å²) in [5, 5.41) is 2.89. The molecule has 1 N–H and O–H groups in total. The number of amides is 3. The number of carbonyl (C=O) groups is 2. The lowest BCUT2D eigenvalue weighted by molar-refractivity contribution is -0.133. The van der Waals surface area contributed by atoms with E-state index in [1.165, 1.54) is 0 Å². The van der Waals surface area contributed by atoms with Gasteiger partial charge in [-0.3, -0.25) is 9.36 Å². The number of likely N-dealkylation sites (tertiary alicyclic amines) is 1. The average molecular weight is 400 g/mol. The summed E-state index contributed by atoms with van der Waals surface area (Å²) in [7, 11) is 1.78. The Bertz CT molecular complexity index is 980. The summed E-state index contributed by atoms with van der Waals surface area (Å²) < 4.78 is 6.91. The maximum atomic E-state index is 12.7. The van der Waals surface area contributed by atoms with E-state index in [0.29, 0.717) is 29.9 Å². The fourth-order valence-electron chi connectivity index (χ4n) is 4.04. The highest BCUT2D eigenvalue weighted by Crippen LogP contribution is 2.32. The van der Waals surface area contributed by atoms with Crippen LogP contribution >= 0.6 is 0 Å². The van der Waals surface area contributed by atoms with Crippen molar-refractivity contribution in [3.05, 3.63) is 28.7 Å². The number of hydrogen-bond donors (Lipinski definition) is 1. The smallest absolute Gasteiger partial charge is 0.408 e. The van der Waals surface area contributed by atoms with E-state index in [1.54, 1.807) is 34.7 Å². The van der Waals surface area contributed by atoms with Crippen molar-refractivity contribution >= 4 is 28.7 Å². The molecule has 29 heavy (non-hydrogen) atoms. The van der Waals surface area contributed by atoms with E-state index in [4.69, 9.17) is 4.42 Å². The summed E-state index contributed by atoms with van der Waals surface area (Å²) in [5.41, 5.74) is 1.75. The van der Waals surface area contributed by atoms with E-state index in [9.17, 15) is 14.4 Å². The number of anilines is 1. The largest absolute Gasteiger partial charge is 0.420 e. The van der Waals surface area contributed by atoms with Crippen molar-refractivity contribution in [1.29, 1.82) is 0 Å². The monoisotopic (exact) mass is 400 g/mol. The zero-order chi connectivity index (χ0) is 20.7. The van der Waals surface area contributed by atoms with Crippen LogP contribution in [0.5, 0.6) is 0 Å². The fourth-order valence-corrected chi connectivity index (χ4v) is 4.04. The summed E-state index contributed by atoms with van der Waals surface area (Å²) in [6.07, 6.45) is 3.61. The number of oxazole rings is 1. The highest BCUT2D eigenvalue weighted by molar-refractivity contribution is 5.91. The van der Waals surface area contributed by atoms with Crippen molar-refractivity contribution in [3.63, 3.8) is 0 Å². The Morgan fingerprint density at radius 2 is 1.86 bits per heavy atom. The zero-order valence-electron chi connectivity index (χ0n) is 17.2. The Labute approximate surface area is 169 Å². The lowest BCUT2D eigenvalue weighted by Gasteiger charge is -2.36. The second kappa shape index (κ2) is 7.57. The van der Waals surface area contributed by atoms with E-state index in [2.05, 4.69) is 5.32 Å². The molecule has 8 nitrogen and oxygen atoms in total. The number of urea groups is 1. The molecule has 0 bridgehead atoms. The third kappa shape index (κ3) is 3.88. The van der Waals surface area contributed by atoms with E-state index < -0.39 is 5.76 Å². The normalized spacial score (nSPS) is 17.7. The van der Waals surface area contributed by atoms with Crippen LogP contribution in [-0.2, 0) is 4.79 Å². The number of benzene rings is 1. The minimum atomic E-state index is -0.400. The van der Waals surface area contributed by atoms with Crippen molar-refractivity contribution in [1.82, 2.24) is 14.4 Å². The summed E-state index contributed by atoms with van der Waals surface area (Å²) in [5.74, 6) is 0.120. The lowest BCUT2D eigenvalue weighted by Crippen LogP contribution is -2.48. The fraction of sp³-hybridized carbons (Fsp3) is 0.571. The topological polar surface area (TPSA) is 87.8 Å². The molecule has 156 valence electrons. The molecule has 0 atom stereocenters.